The Morgan fingerprint density at radius 3 is 3.14 bits per heavy atom. The molecule has 1 atom stereocenters. The molecule has 76 valence electrons. The molecule has 2 heterocycles. The highest BCUT2D eigenvalue weighted by Crippen LogP contribution is 2.28. The highest BCUT2D eigenvalue weighted by atomic mass is 16.3. The van der Waals surface area contributed by atoms with E-state index in [1.807, 2.05) is 12.1 Å². The van der Waals surface area contributed by atoms with Crippen LogP contribution < -0.4 is 5.73 Å². The SMILES string of the molecule is NCCN1CCC(c2ccco2)C1=O. The van der Waals surface area contributed by atoms with Crippen molar-refractivity contribution in [1.82, 2.24) is 4.90 Å². The molecule has 1 aromatic heterocycles. The van der Waals surface area contributed by atoms with Crippen molar-refractivity contribution in [2.75, 3.05) is 19.6 Å². The van der Waals surface area contributed by atoms with Crippen LogP contribution in [0.1, 0.15) is 18.1 Å². The molecule has 0 aliphatic carbocycles. The van der Waals surface area contributed by atoms with Crippen molar-refractivity contribution in [1.29, 1.82) is 0 Å². The van der Waals surface area contributed by atoms with Crippen molar-refractivity contribution in [3.05, 3.63) is 24.2 Å². The summed E-state index contributed by atoms with van der Waals surface area (Å²) in [5.74, 6) is 0.830. The van der Waals surface area contributed by atoms with Gasteiger partial charge in [-0.25, -0.2) is 0 Å². The predicted octanol–water partition coefficient (Wildman–Crippen LogP) is 0.554. The van der Waals surface area contributed by atoms with Gasteiger partial charge in [0, 0.05) is 19.6 Å². The molecule has 1 unspecified atom stereocenters. The number of rotatable bonds is 3. The van der Waals surface area contributed by atoms with Gasteiger partial charge in [0.15, 0.2) is 0 Å². The minimum atomic E-state index is -0.0865. The molecule has 14 heavy (non-hydrogen) atoms. The fraction of sp³-hybridized carbons (Fsp3) is 0.500. The lowest BCUT2D eigenvalue weighted by Gasteiger charge is -2.14. The summed E-state index contributed by atoms with van der Waals surface area (Å²) in [6.45, 7) is 1.97. The van der Waals surface area contributed by atoms with Gasteiger partial charge in [-0.05, 0) is 18.6 Å². The zero-order chi connectivity index (χ0) is 9.97. The maximum Gasteiger partial charge on any atom is 0.233 e. The summed E-state index contributed by atoms with van der Waals surface area (Å²) < 4.78 is 5.24. The quantitative estimate of drug-likeness (QED) is 0.764. The van der Waals surface area contributed by atoms with Crippen molar-refractivity contribution in [2.45, 2.75) is 12.3 Å². The number of carbonyl (C=O) groups is 1. The summed E-state index contributed by atoms with van der Waals surface area (Å²) >= 11 is 0. The summed E-state index contributed by atoms with van der Waals surface area (Å²) in [6.07, 6.45) is 2.44. The smallest absolute Gasteiger partial charge is 0.233 e. The van der Waals surface area contributed by atoms with Crippen LogP contribution in [0, 0.1) is 0 Å². The van der Waals surface area contributed by atoms with E-state index in [1.54, 1.807) is 11.2 Å². The minimum Gasteiger partial charge on any atom is -0.469 e. The van der Waals surface area contributed by atoms with Gasteiger partial charge in [-0.15, -0.1) is 0 Å². The summed E-state index contributed by atoms with van der Waals surface area (Å²) in [7, 11) is 0. The molecule has 4 heteroatoms. The Bertz CT molecular complexity index is 308. The normalized spacial score (nSPS) is 21.9. The van der Waals surface area contributed by atoms with Crippen LogP contribution in [-0.4, -0.2) is 30.4 Å². The third kappa shape index (κ3) is 1.53. The summed E-state index contributed by atoms with van der Waals surface area (Å²) in [5, 5.41) is 0. The summed E-state index contributed by atoms with van der Waals surface area (Å²) in [5.41, 5.74) is 5.42. The molecule has 2 rings (SSSR count). The molecule has 1 aliphatic heterocycles. The minimum absolute atomic E-state index is 0.0865. The first-order chi connectivity index (χ1) is 6.83. The zero-order valence-corrected chi connectivity index (χ0v) is 7.98. The number of hydrogen-bond donors (Lipinski definition) is 1. The van der Waals surface area contributed by atoms with Gasteiger partial charge in [0.05, 0.1) is 12.2 Å². The second-order valence-electron chi connectivity index (χ2n) is 3.47. The van der Waals surface area contributed by atoms with Crippen LogP contribution in [0.2, 0.25) is 0 Å². The van der Waals surface area contributed by atoms with E-state index in [-0.39, 0.29) is 11.8 Å². The van der Waals surface area contributed by atoms with Gasteiger partial charge in [-0.3, -0.25) is 4.79 Å². The Morgan fingerprint density at radius 1 is 1.64 bits per heavy atom. The van der Waals surface area contributed by atoms with Crippen molar-refractivity contribution < 1.29 is 9.21 Å². The van der Waals surface area contributed by atoms with E-state index in [9.17, 15) is 4.79 Å². The first-order valence-corrected chi connectivity index (χ1v) is 4.85. The van der Waals surface area contributed by atoms with Crippen molar-refractivity contribution in [2.24, 2.45) is 5.73 Å². The van der Waals surface area contributed by atoms with E-state index in [4.69, 9.17) is 10.2 Å². The van der Waals surface area contributed by atoms with Gasteiger partial charge in [0.2, 0.25) is 5.91 Å². The second-order valence-corrected chi connectivity index (χ2v) is 3.47. The maximum absolute atomic E-state index is 11.8. The van der Waals surface area contributed by atoms with Gasteiger partial charge >= 0.3 is 0 Å². The molecule has 1 aromatic rings. The Kier molecular flexibility index (Phi) is 2.54. The molecule has 0 saturated carbocycles. The Balaban J connectivity index is 2.07. The molecule has 0 bridgehead atoms. The average molecular weight is 194 g/mol. The Morgan fingerprint density at radius 2 is 2.50 bits per heavy atom. The first kappa shape index (κ1) is 9.27. The maximum atomic E-state index is 11.8. The van der Waals surface area contributed by atoms with E-state index >= 15 is 0 Å². The molecule has 1 fully saturated rings. The molecule has 0 radical (unpaired) electrons. The molecule has 1 saturated heterocycles. The standard InChI is InChI=1S/C10H14N2O2/c11-4-6-12-5-3-8(10(12)13)9-2-1-7-14-9/h1-2,7-8H,3-6,11H2. The molecule has 4 nitrogen and oxygen atoms in total. The topological polar surface area (TPSA) is 59.5 Å². The van der Waals surface area contributed by atoms with E-state index < -0.39 is 0 Å². The lowest BCUT2D eigenvalue weighted by molar-refractivity contribution is -0.129. The van der Waals surface area contributed by atoms with Crippen LogP contribution in [0.4, 0.5) is 0 Å². The predicted molar refractivity (Wildman–Crippen MR) is 51.7 cm³/mol. The largest absolute Gasteiger partial charge is 0.469 e. The summed E-state index contributed by atoms with van der Waals surface area (Å²) in [6, 6.07) is 3.67. The van der Waals surface area contributed by atoms with Gasteiger partial charge in [-0.2, -0.15) is 0 Å². The number of furan rings is 1. The Labute approximate surface area is 82.7 Å². The fourth-order valence-corrected chi connectivity index (χ4v) is 1.87. The molecular formula is C10H14N2O2. The lowest BCUT2D eigenvalue weighted by Crippen LogP contribution is -2.31. The third-order valence-electron chi connectivity index (χ3n) is 2.58. The lowest BCUT2D eigenvalue weighted by atomic mass is 10.1. The number of hydrogen-bond acceptors (Lipinski definition) is 3. The zero-order valence-electron chi connectivity index (χ0n) is 7.98. The van der Waals surface area contributed by atoms with Crippen molar-refractivity contribution in [3.63, 3.8) is 0 Å². The number of nitrogens with zero attached hydrogens (tertiary/aromatic N) is 1. The highest BCUT2D eigenvalue weighted by Gasteiger charge is 2.33. The number of nitrogens with two attached hydrogens (primary N) is 1. The molecule has 1 aliphatic rings. The number of carbonyl (C=O) groups excluding carboxylic acids is 1. The van der Waals surface area contributed by atoms with Crippen LogP contribution in [0.3, 0.4) is 0 Å². The average Bonchev–Trinajstić information content (AvgIpc) is 2.77. The van der Waals surface area contributed by atoms with Crippen LogP contribution >= 0.6 is 0 Å². The molecule has 0 spiro atoms. The van der Waals surface area contributed by atoms with Crippen LogP contribution in [0.25, 0.3) is 0 Å². The number of likely N-dealkylation sites (tertiary alicyclic amines) is 1. The van der Waals surface area contributed by atoms with E-state index in [0.29, 0.717) is 13.1 Å². The number of amides is 1. The van der Waals surface area contributed by atoms with Crippen LogP contribution in [0.15, 0.2) is 22.8 Å². The molecule has 1 amide bonds. The van der Waals surface area contributed by atoms with Gasteiger partial charge in [0.25, 0.3) is 0 Å². The monoisotopic (exact) mass is 194 g/mol. The molecule has 2 N–H and O–H groups in total. The van der Waals surface area contributed by atoms with Crippen LogP contribution in [0.5, 0.6) is 0 Å². The van der Waals surface area contributed by atoms with Gasteiger partial charge < -0.3 is 15.1 Å². The third-order valence-corrected chi connectivity index (χ3v) is 2.58. The van der Waals surface area contributed by atoms with Gasteiger partial charge in [-0.1, -0.05) is 0 Å². The van der Waals surface area contributed by atoms with Crippen molar-refractivity contribution >= 4 is 5.91 Å². The van der Waals surface area contributed by atoms with E-state index in [1.165, 1.54) is 0 Å². The molecular weight excluding hydrogens is 180 g/mol. The van der Waals surface area contributed by atoms with E-state index in [0.717, 1.165) is 18.7 Å². The molecule has 0 aromatic carbocycles. The van der Waals surface area contributed by atoms with Gasteiger partial charge in [0.1, 0.15) is 5.76 Å². The highest BCUT2D eigenvalue weighted by molar-refractivity contribution is 5.85. The van der Waals surface area contributed by atoms with Crippen molar-refractivity contribution in [3.8, 4) is 0 Å². The second kappa shape index (κ2) is 3.84. The summed E-state index contributed by atoms with van der Waals surface area (Å²) in [4.78, 5) is 13.6. The fourth-order valence-electron chi connectivity index (χ4n) is 1.87. The first-order valence-electron chi connectivity index (χ1n) is 4.85. The van der Waals surface area contributed by atoms with E-state index in [2.05, 4.69) is 0 Å². The van der Waals surface area contributed by atoms with Crippen LogP contribution in [-0.2, 0) is 4.79 Å². The Hall–Kier alpha value is -1.29.